The van der Waals surface area contributed by atoms with Crippen molar-refractivity contribution < 1.29 is 4.39 Å². The van der Waals surface area contributed by atoms with Crippen molar-refractivity contribution in [2.45, 2.75) is 38.6 Å². The third kappa shape index (κ3) is 2.24. The SMILES string of the molecule is CC(C)c1nc(-c2ccc(F)c(Br)c2)c(N)n1C1CC1. The Morgan fingerprint density at radius 3 is 2.65 bits per heavy atom. The third-order valence-corrected chi connectivity index (χ3v) is 4.20. The first-order valence-electron chi connectivity index (χ1n) is 6.82. The number of benzene rings is 1. The first kappa shape index (κ1) is 13.6. The lowest BCUT2D eigenvalue weighted by molar-refractivity contribution is 0.621. The lowest BCUT2D eigenvalue weighted by Crippen LogP contribution is -2.06. The second-order valence-corrected chi connectivity index (χ2v) is 6.44. The van der Waals surface area contributed by atoms with E-state index in [1.165, 1.54) is 6.07 Å². The fourth-order valence-electron chi connectivity index (χ4n) is 2.44. The van der Waals surface area contributed by atoms with Crippen molar-refractivity contribution >= 4 is 21.7 Å². The molecule has 2 N–H and O–H groups in total. The van der Waals surface area contributed by atoms with Crippen LogP contribution in [0.15, 0.2) is 22.7 Å². The molecule has 2 aromatic rings. The first-order valence-corrected chi connectivity index (χ1v) is 7.61. The second kappa shape index (κ2) is 4.88. The highest BCUT2D eigenvalue weighted by Gasteiger charge is 2.30. The predicted octanol–water partition coefficient (Wildman–Crippen LogP) is 4.49. The number of anilines is 1. The summed E-state index contributed by atoms with van der Waals surface area (Å²) < 4.78 is 15.9. The van der Waals surface area contributed by atoms with Gasteiger partial charge in [0.1, 0.15) is 23.2 Å². The molecule has 1 aromatic heterocycles. The summed E-state index contributed by atoms with van der Waals surface area (Å²) in [6.07, 6.45) is 2.32. The van der Waals surface area contributed by atoms with Crippen molar-refractivity contribution in [3.8, 4) is 11.3 Å². The Kier molecular flexibility index (Phi) is 3.32. The second-order valence-electron chi connectivity index (χ2n) is 5.59. The lowest BCUT2D eigenvalue weighted by Gasteiger charge is -2.10. The highest BCUT2D eigenvalue weighted by Crippen LogP contribution is 2.42. The lowest BCUT2D eigenvalue weighted by atomic mass is 10.1. The molecular formula is C15H17BrFN3. The molecule has 5 heteroatoms. The minimum absolute atomic E-state index is 0.280. The standard InChI is InChI=1S/C15H17BrFN3/c1-8(2)15-19-13(14(18)20(15)10-4-5-10)9-3-6-12(17)11(16)7-9/h3,6-8,10H,4-5,18H2,1-2H3. The van der Waals surface area contributed by atoms with Crippen molar-refractivity contribution in [1.82, 2.24) is 9.55 Å². The molecule has 0 unspecified atom stereocenters. The Bertz CT molecular complexity index is 659. The summed E-state index contributed by atoms with van der Waals surface area (Å²) in [5.74, 6) is 1.74. The molecule has 0 aliphatic heterocycles. The van der Waals surface area contributed by atoms with Crippen LogP contribution < -0.4 is 5.73 Å². The zero-order chi connectivity index (χ0) is 14.4. The molecule has 3 rings (SSSR count). The summed E-state index contributed by atoms with van der Waals surface area (Å²) in [7, 11) is 0. The summed E-state index contributed by atoms with van der Waals surface area (Å²) in [6.45, 7) is 4.23. The van der Waals surface area contributed by atoms with E-state index in [0.29, 0.717) is 22.3 Å². The summed E-state index contributed by atoms with van der Waals surface area (Å²) >= 11 is 3.21. The van der Waals surface area contributed by atoms with E-state index in [2.05, 4.69) is 34.3 Å². The van der Waals surface area contributed by atoms with E-state index >= 15 is 0 Å². The van der Waals surface area contributed by atoms with Crippen LogP contribution in [0, 0.1) is 5.82 Å². The van der Waals surface area contributed by atoms with Crippen LogP contribution in [0.3, 0.4) is 0 Å². The molecule has 0 atom stereocenters. The van der Waals surface area contributed by atoms with Gasteiger partial charge >= 0.3 is 0 Å². The average Bonchev–Trinajstić information content (AvgIpc) is 3.16. The van der Waals surface area contributed by atoms with Crippen molar-refractivity contribution in [3.63, 3.8) is 0 Å². The van der Waals surface area contributed by atoms with Crippen molar-refractivity contribution in [2.75, 3.05) is 5.73 Å². The number of nitrogen functional groups attached to an aromatic ring is 1. The van der Waals surface area contributed by atoms with E-state index in [1.54, 1.807) is 12.1 Å². The zero-order valence-corrected chi connectivity index (χ0v) is 13.1. The maximum atomic E-state index is 13.4. The van der Waals surface area contributed by atoms with Crippen molar-refractivity contribution in [2.24, 2.45) is 0 Å². The molecule has 0 bridgehead atoms. The Balaban J connectivity index is 2.13. The zero-order valence-electron chi connectivity index (χ0n) is 11.5. The summed E-state index contributed by atoms with van der Waals surface area (Å²) in [5.41, 5.74) is 7.89. The number of rotatable bonds is 3. The van der Waals surface area contributed by atoms with Gasteiger partial charge < -0.3 is 10.3 Å². The summed E-state index contributed by atoms with van der Waals surface area (Å²) in [4.78, 5) is 4.71. The fraction of sp³-hybridized carbons (Fsp3) is 0.400. The van der Waals surface area contributed by atoms with Gasteiger partial charge in [0.15, 0.2) is 0 Å². The van der Waals surface area contributed by atoms with Gasteiger partial charge in [-0.15, -0.1) is 0 Å². The van der Waals surface area contributed by atoms with E-state index in [-0.39, 0.29) is 5.82 Å². The molecule has 1 fully saturated rings. The van der Waals surface area contributed by atoms with Crippen LogP contribution >= 0.6 is 15.9 Å². The van der Waals surface area contributed by atoms with Gasteiger partial charge in [-0.3, -0.25) is 0 Å². The Hall–Kier alpha value is -1.36. The number of nitrogens with zero attached hydrogens (tertiary/aromatic N) is 2. The summed E-state index contributed by atoms with van der Waals surface area (Å²) in [6, 6.07) is 5.37. The average molecular weight is 338 g/mol. The Morgan fingerprint density at radius 2 is 2.10 bits per heavy atom. The smallest absolute Gasteiger partial charge is 0.137 e. The van der Waals surface area contributed by atoms with Gasteiger partial charge in [-0.1, -0.05) is 13.8 Å². The normalized spacial score (nSPS) is 15.1. The van der Waals surface area contributed by atoms with Gasteiger partial charge in [0, 0.05) is 17.5 Å². The number of halogens is 2. The highest BCUT2D eigenvalue weighted by atomic mass is 79.9. The topological polar surface area (TPSA) is 43.8 Å². The molecule has 0 radical (unpaired) electrons. The number of hydrogen-bond acceptors (Lipinski definition) is 2. The van der Waals surface area contributed by atoms with Gasteiger partial charge in [0.05, 0.1) is 4.47 Å². The maximum absolute atomic E-state index is 13.4. The van der Waals surface area contributed by atoms with Crippen LogP contribution in [0.25, 0.3) is 11.3 Å². The molecule has 1 aliphatic rings. The van der Waals surface area contributed by atoms with Gasteiger partial charge in [-0.25, -0.2) is 9.37 Å². The third-order valence-electron chi connectivity index (χ3n) is 3.60. The van der Waals surface area contributed by atoms with Crippen molar-refractivity contribution in [3.05, 3.63) is 34.3 Å². The Morgan fingerprint density at radius 1 is 1.40 bits per heavy atom. The highest BCUT2D eigenvalue weighted by molar-refractivity contribution is 9.10. The van der Waals surface area contributed by atoms with Crippen LogP contribution in [0.4, 0.5) is 10.2 Å². The number of aromatic nitrogens is 2. The monoisotopic (exact) mass is 337 g/mol. The van der Waals surface area contributed by atoms with E-state index in [9.17, 15) is 4.39 Å². The van der Waals surface area contributed by atoms with E-state index in [1.807, 2.05) is 0 Å². The number of nitrogens with two attached hydrogens (primary N) is 1. The molecule has 20 heavy (non-hydrogen) atoms. The molecule has 3 nitrogen and oxygen atoms in total. The molecule has 0 spiro atoms. The van der Waals surface area contributed by atoms with Gasteiger partial charge in [-0.05, 0) is 47.0 Å². The van der Waals surface area contributed by atoms with E-state index in [0.717, 1.165) is 29.9 Å². The maximum Gasteiger partial charge on any atom is 0.137 e. The number of hydrogen-bond donors (Lipinski definition) is 1. The van der Waals surface area contributed by atoms with Gasteiger partial charge in [-0.2, -0.15) is 0 Å². The van der Waals surface area contributed by atoms with Crippen molar-refractivity contribution in [1.29, 1.82) is 0 Å². The molecule has 0 saturated heterocycles. The molecule has 1 heterocycles. The van der Waals surface area contributed by atoms with Crippen LogP contribution in [0.2, 0.25) is 0 Å². The molecule has 1 aromatic carbocycles. The number of imidazole rings is 1. The predicted molar refractivity (Wildman–Crippen MR) is 82.1 cm³/mol. The van der Waals surface area contributed by atoms with Gasteiger partial charge in [0.2, 0.25) is 0 Å². The van der Waals surface area contributed by atoms with Crippen LogP contribution in [0.5, 0.6) is 0 Å². The quantitative estimate of drug-likeness (QED) is 0.896. The summed E-state index contributed by atoms with van der Waals surface area (Å²) in [5, 5.41) is 0. The Labute approximate surface area is 126 Å². The first-order chi connectivity index (χ1) is 9.49. The van der Waals surface area contributed by atoms with Gasteiger partial charge in [0.25, 0.3) is 0 Å². The van der Waals surface area contributed by atoms with E-state index in [4.69, 9.17) is 10.7 Å². The molecule has 1 saturated carbocycles. The minimum atomic E-state index is -0.280. The van der Waals surface area contributed by atoms with Crippen LogP contribution in [-0.4, -0.2) is 9.55 Å². The van der Waals surface area contributed by atoms with Crippen LogP contribution in [-0.2, 0) is 0 Å². The van der Waals surface area contributed by atoms with E-state index < -0.39 is 0 Å². The minimum Gasteiger partial charge on any atom is -0.383 e. The molecular weight excluding hydrogens is 321 g/mol. The molecule has 106 valence electrons. The fourth-order valence-corrected chi connectivity index (χ4v) is 2.82. The molecule has 0 amide bonds. The molecule has 1 aliphatic carbocycles. The van der Waals surface area contributed by atoms with Crippen LogP contribution in [0.1, 0.15) is 44.5 Å². The largest absolute Gasteiger partial charge is 0.383 e.